The molecule has 0 aliphatic rings. The van der Waals surface area contributed by atoms with Gasteiger partial charge in [-0.05, 0) is 0 Å². The Hall–Kier alpha value is -1.08. The summed E-state index contributed by atoms with van der Waals surface area (Å²) in [6, 6.07) is 0. The second-order valence-corrected chi connectivity index (χ2v) is 3.77. The summed E-state index contributed by atoms with van der Waals surface area (Å²) in [7, 11) is 1.45. The minimum atomic E-state index is -4.23. The highest BCUT2D eigenvalue weighted by atomic mass is 35.5. The van der Waals surface area contributed by atoms with Crippen LogP contribution >= 0.6 is 11.6 Å². The second kappa shape index (κ2) is 5.50. The Labute approximate surface area is 101 Å². The maximum absolute atomic E-state index is 12.1. The summed E-state index contributed by atoms with van der Waals surface area (Å²) in [6.07, 6.45) is -4.05. The Kier molecular flexibility index (Phi) is 4.53. The predicted molar refractivity (Wildman–Crippen MR) is 56.9 cm³/mol. The van der Waals surface area contributed by atoms with Crippen molar-refractivity contribution in [2.24, 2.45) is 0 Å². The van der Waals surface area contributed by atoms with E-state index in [2.05, 4.69) is 9.97 Å². The lowest BCUT2D eigenvalue weighted by atomic mass is 10.3. The molecule has 0 amide bonds. The lowest BCUT2D eigenvalue weighted by molar-refractivity contribution is -0.132. The molecule has 0 atom stereocenters. The summed E-state index contributed by atoms with van der Waals surface area (Å²) in [5, 5.41) is 9.10. The van der Waals surface area contributed by atoms with Crippen LogP contribution in [-0.4, -0.2) is 34.8 Å². The standard InChI is InChI=1S/C9H11ClF3N3O/c1-16(3-2-9(11,12)13)8-6(4-17)7(10)14-5-15-8/h5,17H,2-4H2,1H3. The van der Waals surface area contributed by atoms with Crippen LogP contribution in [0.1, 0.15) is 12.0 Å². The smallest absolute Gasteiger partial charge is 0.390 e. The Bertz CT molecular complexity index is 386. The fourth-order valence-electron chi connectivity index (χ4n) is 1.25. The van der Waals surface area contributed by atoms with Gasteiger partial charge in [0.1, 0.15) is 17.3 Å². The Balaban J connectivity index is 2.82. The topological polar surface area (TPSA) is 49.2 Å². The quantitative estimate of drug-likeness (QED) is 0.850. The van der Waals surface area contributed by atoms with Crippen LogP contribution in [0.4, 0.5) is 19.0 Å². The van der Waals surface area contributed by atoms with Crippen molar-refractivity contribution in [3.63, 3.8) is 0 Å². The molecule has 0 aromatic carbocycles. The lowest BCUT2D eigenvalue weighted by Gasteiger charge is -2.21. The van der Waals surface area contributed by atoms with Gasteiger partial charge in [0.25, 0.3) is 0 Å². The van der Waals surface area contributed by atoms with Crippen LogP contribution in [0.25, 0.3) is 0 Å². The van der Waals surface area contributed by atoms with Crippen LogP contribution in [0, 0.1) is 0 Å². The molecule has 0 spiro atoms. The Morgan fingerprint density at radius 3 is 2.59 bits per heavy atom. The number of rotatable bonds is 4. The molecule has 0 aliphatic heterocycles. The third kappa shape index (κ3) is 4.01. The molecule has 8 heteroatoms. The van der Waals surface area contributed by atoms with E-state index in [9.17, 15) is 13.2 Å². The second-order valence-electron chi connectivity index (χ2n) is 3.41. The molecule has 0 fully saturated rings. The Morgan fingerprint density at radius 2 is 2.06 bits per heavy atom. The van der Waals surface area contributed by atoms with E-state index in [1.165, 1.54) is 11.9 Å². The number of halogens is 4. The SMILES string of the molecule is CN(CCC(F)(F)F)c1ncnc(Cl)c1CO. The van der Waals surface area contributed by atoms with Gasteiger partial charge in [0.05, 0.1) is 18.6 Å². The highest BCUT2D eigenvalue weighted by molar-refractivity contribution is 6.30. The van der Waals surface area contributed by atoms with Crippen molar-refractivity contribution >= 4 is 17.4 Å². The summed E-state index contributed by atoms with van der Waals surface area (Å²) in [6.45, 7) is -0.685. The van der Waals surface area contributed by atoms with E-state index in [1.54, 1.807) is 0 Å². The van der Waals surface area contributed by atoms with E-state index in [-0.39, 0.29) is 23.1 Å². The zero-order valence-electron chi connectivity index (χ0n) is 9.00. The molecule has 96 valence electrons. The first-order valence-corrected chi connectivity index (χ1v) is 5.11. The monoisotopic (exact) mass is 269 g/mol. The third-order valence-corrected chi connectivity index (χ3v) is 2.45. The van der Waals surface area contributed by atoms with Gasteiger partial charge in [-0.1, -0.05) is 11.6 Å². The third-order valence-electron chi connectivity index (χ3n) is 2.12. The molecule has 0 bridgehead atoms. The molecule has 0 aliphatic carbocycles. The van der Waals surface area contributed by atoms with E-state index in [0.717, 1.165) is 6.33 Å². The molecule has 0 saturated heterocycles. The van der Waals surface area contributed by atoms with E-state index >= 15 is 0 Å². The van der Waals surface area contributed by atoms with Crippen LogP contribution < -0.4 is 4.90 Å². The highest BCUT2D eigenvalue weighted by Crippen LogP contribution is 2.25. The van der Waals surface area contributed by atoms with Gasteiger partial charge in [-0.2, -0.15) is 13.2 Å². The van der Waals surface area contributed by atoms with Crippen molar-refractivity contribution in [3.05, 3.63) is 17.0 Å². The molecule has 4 nitrogen and oxygen atoms in total. The van der Waals surface area contributed by atoms with Gasteiger partial charge in [-0.25, -0.2) is 9.97 Å². The first kappa shape index (κ1) is 14.0. The number of hydrogen-bond acceptors (Lipinski definition) is 4. The molecular formula is C9H11ClF3N3O. The number of aliphatic hydroxyl groups excluding tert-OH is 1. The van der Waals surface area contributed by atoms with Gasteiger partial charge < -0.3 is 10.0 Å². The molecule has 0 unspecified atom stereocenters. The maximum atomic E-state index is 12.1. The number of anilines is 1. The zero-order chi connectivity index (χ0) is 13.1. The van der Waals surface area contributed by atoms with E-state index in [1.807, 2.05) is 0 Å². The van der Waals surface area contributed by atoms with E-state index in [4.69, 9.17) is 16.7 Å². The average Bonchev–Trinajstić information content (AvgIpc) is 2.24. The summed E-state index contributed by atoms with van der Waals surface area (Å²) < 4.78 is 36.2. The molecule has 1 aromatic heterocycles. The average molecular weight is 270 g/mol. The first-order chi connectivity index (χ1) is 7.85. The van der Waals surface area contributed by atoms with Crippen LogP contribution in [0.5, 0.6) is 0 Å². The number of nitrogens with zero attached hydrogens (tertiary/aromatic N) is 3. The fourth-order valence-corrected chi connectivity index (χ4v) is 1.44. The lowest BCUT2D eigenvalue weighted by Crippen LogP contribution is -2.26. The van der Waals surface area contributed by atoms with Crippen molar-refractivity contribution in [1.82, 2.24) is 9.97 Å². The van der Waals surface area contributed by atoms with Gasteiger partial charge >= 0.3 is 6.18 Å². The minimum Gasteiger partial charge on any atom is -0.391 e. The largest absolute Gasteiger partial charge is 0.391 e. The van der Waals surface area contributed by atoms with Crippen LogP contribution in [0.2, 0.25) is 5.15 Å². The molecule has 1 aromatic rings. The van der Waals surface area contributed by atoms with E-state index in [0.29, 0.717) is 0 Å². The van der Waals surface area contributed by atoms with Gasteiger partial charge in [-0.15, -0.1) is 0 Å². The first-order valence-electron chi connectivity index (χ1n) is 4.73. The van der Waals surface area contributed by atoms with Crippen molar-refractivity contribution in [2.45, 2.75) is 19.2 Å². The molecule has 1 heterocycles. The van der Waals surface area contributed by atoms with Crippen LogP contribution in [-0.2, 0) is 6.61 Å². The van der Waals surface area contributed by atoms with Crippen molar-refractivity contribution in [1.29, 1.82) is 0 Å². The Morgan fingerprint density at radius 1 is 1.41 bits per heavy atom. The molecule has 17 heavy (non-hydrogen) atoms. The van der Waals surface area contributed by atoms with Crippen LogP contribution in [0.3, 0.4) is 0 Å². The number of aliphatic hydroxyl groups is 1. The fraction of sp³-hybridized carbons (Fsp3) is 0.556. The molecule has 0 saturated carbocycles. The molecule has 0 radical (unpaired) electrons. The van der Waals surface area contributed by atoms with Crippen molar-refractivity contribution in [2.75, 3.05) is 18.5 Å². The van der Waals surface area contributed by atoms with Gasteiger partial charge in [0.2, 0.25) is 0 Å². The van der Waals surface area contributed by atoms with Crippen molar-refractivity contribution in [3.8, 4) is 0 Å². The zero-order valence-corrected chi connectivity index (χ0v) is 9.76. The number of aromatic nitrogens is 2. The highest BCUT2D eigenvalue weighted by Gasteiger charge is 2.27. The van der Waals surface area contributed by atoms with Crippen molar-refractivity contribution < 1.29 is 18.3 Å². The summed E-state index contributed by atoms with van der Waals surface area (Å²) in [5.41, 5.74) is 0.221. The van der Waals surface area contributed by atoms with Gasteiger partial charge in [0.15, 0.2) is 0 Å². The summed E-state index contributed by atoms with van der Waals surface area (Å²) in [4.78, 5) is 8.75. The van der Waals surface area contributed by atoms with E-state index < -0.39 is 19.2 Å². The van der Waals surface area contributed by atoms with Crippen LogP contribution in [0.15, 0.2) is 6.33 Å². The summed E-state index contributed by atoms with van der Waals surface area (Å²) >= 11 is 5.70. The number of alkyl halides is 3. The summed E-state index contributed by atoms with van der Waals surface area (Å²) in [5.74, 6) is 0.205. The van der Waals surface area contributed by atoms with Gasteiger partial charge in [-0.3, -0.25) is 0 Å². The number of hydrogen-bond donors (Lipinski definition) is 1. The molecular weight excluding hydrogens is 259 g/mol. The minimum absolute atomic E-state index is 0.0383. The normalized spacial score (nSPS) is 11.6. The predicted octanol–water partition coefficient (Wildman–Crippen LogP) is 2.01. The van der Waals surface area contributed by atoms with Gasteiger partial charge in [0, 0.05) is 13.6 Å². The molecule has 1 rings (SSSR count). The molecule has 1 N–H and O–H groups in total. The maximum Gasteiger partial charge on any atom is 0.390 e.